The van der Waals surface area contributed by atoms with Crippen molar-refractivity contribution < 1.29 is 37.1 Å². The Bertz CT molecular complexity index is 1530. The Morgan fingerprint density at radius 3 is 2.00 bits per heavy atom. The number of halogens is 5. The molecule has 0 radical (unpaired) electrons. The Morgan fingerprint density at radius 2 is 1.42 bits per heavy atom. The van der Waals surface area contributed by atoms with Gasteiger partial charge in [0.15, 0.2) is 0 Å². The molecule has 2 fully saturated rings. The lowest BCUT2D eigenvalue weighted by atomic mass is 9.77. The summed E-state index contributed by atoms with van der Waals surface area (Å²) in [7, 11) is 0. The molecule has 3 aromatic rings. The zero-order valence-electron chi connectivity index (χ0n) is 19.0. The van der Waals surface area contributed by atoms with E-state index in [9.17, 15) is 32.3 Å². The minimum atomic E-state index is -4.86. The third kappa shape index (κ3) is 3.25. The van der Waals surface area contributed by atoms with E-state index in [1.807, 2.05) is 0 Å². The summed E-state index contributed by atoms with van der Waals surface area (Å²) in [6.07, 6.45) is -6.08. The van der Waals surface area contributed by atoms with Crippen molar-refractivity contribution in [2.45, 2.75) is 17.9 Å². The van der Waals surface area contributed by atoms with Gasteiger partial charge in [-0.15, -0.1) is 0 Å². The molecule has 0 saturated carbocycles. The van der Waals surface area contributed by atoms with E-state index in [1.165, 1.54) is 36.4 Å². The van der Waals surface area contributed by atoms with Crippen LogP contribution < -0.4 is 4.90 Å². The third-order valence-corrected chi connectivity index (χ3v) is 7.81. The van der Waals surface area contributed by atoms with Crippen molar-refractivity contribution in [2.24, 2.45) is 11.8 Å². The number of ketones is 2. The molecule has 11 heteroatoms. The predicted molar refractivity (Wildman–Crippen MR) is 129 cm³/mol. The molecule has 38 heavy (non-hydrogen) atoms. The summed E-state index contributed by atoms with van der Waals surface area (Å²) in [5.74, 6) is -6.44. The molecule has 3 atom stereocenters. The minimum absolute atomic E-state index is 0.0394. The molecule has 3 aliphatic rings. The van der Waals surface area contributed by atoms with E-state index < -0.39 is 63.7 Å². The fraction of sp³-hybridized carbons (Fsp3) is 0.185. The molecule has 0 aromatic heterocycles. The van der Waals surface area contributed by atoms with E-state index >= 15 is 0 Å². The van der Waals surface area contributed by atoms with Crippen LogP contribution in [0.4, 0.5) is 18.9 Å². The molecule has 6 nitrogen and oxygen atoms in total. The highest BCUT2D eigenvalue weighted by Crippen LogP contribution is 2.58. The van der Waals surface area contributed by atoms with Gasteiger partial charge in [-0.05, 0) is 35.9 Å². The number of carbonyl (C=O) groups excluding carboxylic acids is 4. The largest absolute Gasteiger partial charge is 0.417 e. The molecular formula is C27H14Cl2F3NO5. The van der Waals surface area contributed by atoms with Crippen molar-refractivity contribution >= 4 is 52.3 Å². The zero-order valence-corrected chi connectivity index (χ0v) is 20.5. The molecule has 0 bridgehead atoms. The van der Waals surface area contributed by atoms with E-state index in [0.717, 1.165) is 12.1 Å². The van der Waals surface area contributed by atoms with Crippen molar-refractivity contribution in [3.63, 3.8) is 0 Å². The highest BCUT2D eigenvalue weighted by Gasteiger charge is 2.74. The Balaban J connectivity index is 1.53. The third-order valence-electron chi connectivity index (χ3n) is 7.23. The number of imide groups is 1. The minimum Gasteiger partial charge on any atom is -0.349 e. The SMILES string of the molecule is O=C1[C@H]2[C@H](c3ccc(Cl)cc3)OC3(C(=O)c4ccccc4C3=O)[C@H]2C(=O)N1c1ccc(Cl)c(C(F)(F)F)c1. The Hall–Kier alpha value is -3.53. The molecule has 6 rings (SSSR count). The quantitative estimate of drug-likeness (QED) is 0.297. The summed E-state index contributed by atoms with van der Waals surface area (Å²) in [6, 6.07) is 14.7. The number of fused-ring (bicyclic) bond motifs is 3. The van der Waals surface area contributed by atoms with Crippen molar-refractivity contribution in [1.82, 2.24) is 0 Å². The van der Waals surface area contributed by atoms with Crippen LogP contribution in [-0.2, 0) is 20.5 Å². The lowest BCUT2D eigenvalue weighted by molar-refractivity contribution is -0.137. The second-order valence-electron chi connectivity index (χ2n) is 9.21. The summed E-state index contributed by atoms with van der Waals surface area (Å²) >= 11 is 11.7. The fourth-order valence-corrected chi connectivity index (χ4v) is 5.95. The number of nitrogens with zero attached hydrogens (tertiary/aromatic N) is 1. The summed E-state index contributed by atoms with van der Waals surface area (Å²) in [5.41, 5.74) is -3.52. The number of rotatable bonds is 2. The van der Waals surface area contributed by atoms with E-state index in [2.05, 4.69) is 0 Å². The molecule has 2 heterocycles. The molecule has 0 N–H and O–H groups in total. The molecule has 0 unspecified atom stereocenters. The highest BCUT2D eigenvalue weighted by molar-refractivity contribution is 6.37. The summed E-state index contributed by atoms with van der Waals surface area (Å²) in [5, 5.41) is -0.245. The van der Waals surface area contributed by atoms with Crippen molar-refractivity contribution in [1.29, 1.82) is 0 Å². The van der Waals surface area contributed by atoms with Crippen molar-refractivity contribution in [3.05, 3.63) is 99.0 Å². The van der Waals surface area contributed by atoms with Crippen LogP contribution in [0.25, 0.3) is 0 Å². The van der Waals surface area contributed by atoms with E-state index in [4.69, 9.17) is 27.9 Å². The maximum Gasteiger partial charge on any atom is 0.417 e. The summed E-state index contributed by atoms with van der Waals surface area (Å²) in [6.45, 7) is 0. The second-order valence-corrected chi connectivity index (χ2v) is 10.1. The molecule has 2 saturated heterocycles. The molecule has 1 aliphatic carbocycles. The first kappa shape index (κ1) is 24.8. The van der Waals surface area contributed by atoms with Crippen LogP contribution in [0.1, 0.15) is 37.9 Å². The van der Waals surface area contributed by atoms with Gasteiger partial charge in [-0.1, -0.05) is 59.6 Å². The van der Waals surface area contributed by atoms with Crippen LogP contribution in [0.3, 0.4) is 0 Å². The lowest BCUT2D eigenvalue weighted by Gasteiger charge is -2.27. The van der Waals surface area contributed by atoms with Crippen LogP contribution in [0.2, 0.25) is 10.0 Å². The Kier molecular flexibility index (Phi) is 5.37. The fourth-order valence-electron chi connectivity index (χ4n) is 5.59. The summed E-state index contributed by atoms with van der Waals surface area (Å²) < 4.78 is 46.8. The summed E-state index contributed by atoms with van der Waals surface area (Å²) in [4.78, 5) is 55.7. The van der Waals surface area contributed by atoms with Gasteiger partial charge in [0.05, 0.1) is 34.2 Å². The van der Waals surface area contributed by atoms with Gasteiger partial charge >= 0.3 is 6.18 Å². The molecule has 2 aliphatic heterocycles. The first-order chi connectivity index (χ1) is 18.0. The van der Waals surface area contributed by atoms with E-state index in [0.29, 0.717) is 21.6 Å². The Morgan fingerprint density at radius 1 is 0.816 bits per heavy atom. The first-order valence-electron chi connectivity index (χ1n) is 11.3. The number of amides is 2. The van der Waals surface area contributed by atoms with Gasteiger partial charge in [0.2, 0.25) is 29.0 Å². The maximum atomic E-state index is 13.9. The standard InChI is InChI=1S/C27H14Cl2F3NO5/c28-13-7-5-12(6-8-13)21-19-20(26(38-21)22(34)15-3-1-2-4-16(15)23(26)35)25(37)33(24(19)36)14-9-10-18(29)17(11-14)27(30,31)32/h1-11,19-21H/t19-,20-,21+/m1/s1. The monoisotopic (exact) mass is 559 g/mol. The zero-order chi connectivity index (χ0) is 27.1. The lowest BCUT2D eigenvalue weighted by Crippen LogP contribution is -2.51. The number of ether oxygens (including phenoxy) is 1. The number of hydrogen-bond acceptors (Lipinski definition) is 5. The van der Waals surface area contributed by atoms with Gasteiger partial charge < -0.3 is 4.74 Å². The Labute approximate surface area is 222 Å². The second kappa shape index (κ2) is 8.23. The maximum absolute atomic E-state index is 13.9. The number of carbonyl (C=O) groups is 4. The molecule has 3 aromatic carbocycles. The van der Waals surface area contributed by atoms with Crippen molar-refractivity contribution in [2.75, 3.05) is 4.90 Å². The van der Waals surface area contributed by atoms with Gasteiger partial charge in [-0.3, -0.25) is 19.2 Å². The predicted octanol–water partition coefficient (Wildman–Crippen LogP) is 5.71. The smallest absolute Gasteiger partial charge is 0.349 e. The number of anilines is 1. The topological polar surface area (TPSA) is 80.8 Å². The van der Waals surface area contributed by atoms with Crippen LogP contribution in [0, 0.1) is 11.8 Å². The number of alkyl halides is 3. The first-order valence-corrected chi connectivity index (χ1v) is 12.1. The number of benzene rings is 3. The van der Waals surface area contributed by atoms with Gasteiger partial charge in [0.1, 0.15) is 0 Å². The van der Waals surface area contributed by atoms with Crippen LogP contribution >= 0.6 is 23.2 Å². The number of hydrogen-bond donors (Lipinski definition) is 0. The van der Waals surface area contributed by atoms with E-state index in [1.54, 1.807) is 12.1 Å². The van der Waals surface area contributed by atoms with Gasteiger partial charge in [-0.2, -0.15) is 13.2 Å². The molecule has 1 spiro atoms. The van der Waals surface area contributed by atoms with E-state index in [-0.39, 0.29) is 16.8 Å². The molecule has 2 amide bonds. The van der Waals surface area contributed by atoms with Gasteiger partial charge in [0.25, 0.3) is 0 Å². The van der Waals surface area contributed by atoms with Crippen LogP contribution in [-0.4, -0.2) is 29.0 Å². The average molecular weight is 560 g/mol. The normalized spacial score (nSPS) is 23.9. The highest BCUT2D eigenvalue weighted by atomic mass is 35.5. The van der Waals surface area contributed by atoms with Crippen LogP contribution in [0.5, 0.6) is 0 Å². The average Bonchev–Trinajstić information content (AvgIpc) is 3.44. The van der Waals surface area contributed by atoms with Gasteiger partial charge in [-0.25, -0.2) is 4.90 Å². The van der Waals surface area contributed by atoms with Crippen LogP contribution in [0.15, 0.2) is 66.7 Å². The van der Waals surface area contributed by atoms with Gasteiger partial charge in [0, 0.05) is 16.1 Å². The van der Waals surface area contributed by atoms with Crippen molar-refractivity contribution in [3.8, 4) is 0 Å². The number of Topliss-reactive ketones (excluding diaryl/α,β-unsaturated/α-hetero) is 2. The molecule has 192 valence electrons. The molecular weight excluding hydrogens is 546 g/mol.